The summed E-state index contributed by atoms with van der Waals surface area (Å²) in [6, 6.07) is 8.23. The molecule has 0 radical (unpaired) electrons. The molecule has 7 nitrogen and oxygen atoms in total. The van der Waals surface area contributed by atoms with E-state index < -0.39 is 17.7 Å². The highest BCUT2D eigenvalue weighted by Crippen LogP contribution is 2.30. The monoisotopic (exact) mass is 429 g/mol. The second kappa shape index (κ2) is 7.67. The van der Waals surface area contributed by atoms with Gasteiger partial charge in [0.15, 0.2) is 11.6 Å². The highest BCUT2D eigenvalue weighted by molar-refractivity contribution is 5.75. The van der Waals surface area contributed by atoms with Crippen LogP contribution in [-0.2, 0) is 6.18 Å². The van der Waals surface area contributed by atoms with Crippen LogP contribution in [0.5, 0.6) is 0 Å². The zero-order valence-electron chi connectivity index (χ0n) is 16.1. The van der Waals surface area contributed by atoms with Crippen LogP contribution < -0.4 is 10.6 Å². The van der Waals surface area contributed by atoms with E-state index in [0.29, 0.717) is 17.0 Å². The Bertz CT molecular complexity index is 1280. The Morgan fingerprint density at radius 2 is 1.94 bits per heavy atom. The molecule has 0 aliphatic heterocycles. The Morgan fingerprint density at radius 1 is 1.13 bits per heavy atom. The van der Waals surface area contributed by atoms with Crippen LogP contribution in [0.3, 0.4) is 0 Å². The van der Waals surface area contributed by atoms with E-state index in [4.69, 9.17) is 0 Å². The van der Waals surface area contributed by atoms with Crippen LogP contribution in [0.2, 0.25) is 0 Å². The molecule has 0 aromatic carbocycles. The minimum Gasteiger partial charge on any atom is -0.345 e. The summed E-state index contributed by atoms with van der Waals surface area (Å²) in [4.78, 5) is 11.8. The Balaban J connectivity index is 1.78. The topological polar surface area (TPSA) is 80.0 Å². The zero-order valence-corrected chi connectivity index (χ0v) is 16.1. The van der Waals surface area contributed by atoms with Gasteiger partial charge in [-0.1, -0.05) is 12.6 Å². The number of nitrogens with zero attached hydrogens (tertiary/aromatic N) is 5. The average Bonchev–Trinajstić information content (AvgIpc) is 3.18. The largest absolute Gasteiger partial charge is 0.433 e. The molecule has 0 amide bonds. The molecule has 2 N–H and O–H groups in total. The predicted molar refractivity (Wildman–Crippen MR) is 107 cm³/mol. The van der Waals surface area contributed by atoms with E-state index in [0.717, 1.165) is 12.3 Å². The van der Waals surface area contributed by atoms with E-state index in [-0.39, 0.29) is 23.0 Å². The fourth-order valence-electron chi connectivity index (χ4n) is 2.80. The number of allylic oxidation sites excluding steroid dienone is 1. The number of hydrogen-bond acceptors (Lipinski definition) is 6. The fourth-order valence-corrected chi connectivity index (χ4v) is 2.80. The van der Waals surface area contributed by atoms with E-state index in [1.165, 1.54) is 22.7 Å². The predicted octanol–water partition coefficient (Wildman–Crippen LogP) is 5.03. The van der Waals surface area contributed by atoms with Crippen molar-refractivity contribution in [3.63, 3.8) is 0 Å². The first-order valence-electron chi connectivity index (χ1n) is 8.96. The van der Waals surface area contributed by atoms with Crippen LogP contribution in [0.4, 0.5) is 34.9 Å². The normalized spacial score (nSPS) is 11.5. The van der Waals surface area contributed by atoms with E-state index in [9.17, 15) is 17.6 Å². The van der Waals surface area contributed by atoms with E-state index >= 15 is 0 Å². The minimum absolute atomic E-state index is 0.0588. The maximum Gasteiger partial charge on any atom is 0.433 e. The van der Waals surface area contributed by atoms with Crippen LogP contribution >= 0.6 is 0 Å². The number of fused-ring (bicyclic) bond motifs is 1. The lowest BCUT2D eigenvalue weighted by atomic mass is 10.3. The van der Waals surface area contributed by atoms with E-state index in [2.05, 4.69) is 37.3 Å². The van der Waals surface area contributed by atoms with Crippen LogP contribution in [0.25, 0.3) is 17.0 Å². The molecule has 0 saturated heterocycles. The summed E-state index contributed by atoms with van der Waals surface area (Å²) in [6.45, 7) is 5.44. The minimum atomic E-state index is -4.61. The van der Waals surface area contributed by atoms with Gasteiger partial charge in [0.25, 0.3) is 0 Å². The fraction of sp³-hybridized carbons (Fsp3) is 0.100. The van der Waals surface area contributed by atoms with Crippen molar-refractivity contribution in [1.29, 1.82) is 0 Å². The maximum absolute atomic E-state index is 14.4. The molecule has 4 aromatic rings. The summed E-state index contributed by atoms with van der Waals surface area (Å²) in [7, 11) is 0. The quantitative estimate of drug-likeness (QED) is 0.433. The molecule has 4 rings (SSSR count). The molecule has 11 heteroatoms. The summed E-state index contributed by atoms with van der Waals surface area (Å²) >= 11 is 0. The molecular formula is C20H15F4N7. The lowest BCUT2D eigenvalue weighted by molar-refractivity contribution is -0.141. The SMILES string of the molecule is C=C(C)Nc1cc(Nc2nc(-c3cccc(C(F)(F)F)n3)nn3cccc23)c(F)cn1. The van der Waals surface area contributed by atoms with Gasteiger partial charge in [0.2, 0.25) is 5.82 Å². The number of hydrogen-bond donors (Lipinski definition) is 2. The third-order valence-corrected chi connectivity index (χ3v) is 4.11. The van der Waals surface area contributed by atoms with Crippen molar-refractivity contribution >= 4 is 22.8 Å². The van der Waals surface area contributed by atoms with Crippen molar-refractivity contribution in [2.24, 2.45) is 0 Å². The maximum atomic E-state index is 14.4. The van der Waals surface area contributed by atoms with Gasteiger partial charge < -0.3 is 10.6 Å². The van der Waals surface area contributed by atoms with Crippen LogP contribution in [0.15, 0.2) is 61.1 Å². The Morgan fingerprint density at radius 3 is 2.68 bits per heavy atom. The van der Waals surface area contributed by atoms with Gasteiger partial charge in [-0.25, -0.2) is 23.9 Å². The molecule has 0 atom stereocenters. The first kappa shape index (κ1) is 20.3. The number of pyridine rings is 2. The van der Waals surface area contributed by atoms with Gasteiger partial charge >= 0.3 is 6.18 Å². The smallest absolute Gasteiger partial charge is 0.345 e. The summed E-state index contributed by atoms with van der Waals surface area (Å²) in [5, 5.41) is 9.96. The first-order valence-corrected chi connectivity index (χ1v) is 8.96. The molecule has 31 heavy (non-hydrogen) atoms. The van der Waals surface area contributed by atoms with Crippen molar-refractivity contribution in [1.82, 2.24) is 24.6 Å². The second-order valence-electron chi connectivity index (χ2n) is 6.61. The van der Waals surface area contributed by atoms with Gasteiger partial charge in [-0.3, -0.25) is 0 Å². The van der Waals surface area contributed by atoms with Gasteiger partial charge in [-0.05, 0) is 31.2 Å². The van der Waals surface area contributed by atoms with Crippen molar-refractivity contribution in [3.05, 3.63) is 72.6 Å². The van der Waals surface area contributed by atoms with Gasteiger partial charge in [0, 0.05) is 18.0 Å². The third-order valence-electron chi connectivity index (χ3n) is 4.11. The van der Waals surface area contributed by atoms with Crippen molar-refractivity contribution < 1.29 is 17.6 Å². The Hall–Kier alpha value is -4.02. The van der Waals surface area contributed by atoms with Gasteiger partial charge in [-0.2, -0.15) is 13.2 Å². The van der Waals surface area contributed by atoms with Crippen LogP contribution in [0, 0.1) is 5.82 Å². The molecule has 0 spiro atoms. The van der Waals surface area contributed by atoms with Crippen molar-refractivity contribution in [3.8, 4) is 11.5 Å². The van der Waals surface area contributed by atoms with E-state index in [1.807, 2.05) is 0 Å². The molecule has 4 aromatic heterocycles. The number of rotatable bonds is 5. The summed E-state index contributed by atoms with van der Waals surface area (Å²) in [5.74, 6) is -0.168. The molecule has 0 bridgehead atoms. The third kappa shape index (κ3) is 4.29. The number of alkyl halides is 3. The molecule has 158 valence electrons. The zero-order chi connectivity index (χ0) is 22.2. The molecule has 0 fully saturated rings. The standard InChI is InChI=1S/C20H15F4N7/c1-11(2)26-17-9-14(12(21)10-25-17)28-19-15-6-4-8-31(15)30-18(29-19)13-5-3-7-16(27-13)20(22,23)24/h3-10H,1H2,2H3,(H2,25,26,28,29,30). The van der Waals surface area contributed by atoms with Crippen molar-refractivity contribution in [2.75, 3.05) is 10.6 Å². The van der Waals surface area contributed by atoms with Crippen LogP contribution in [-0.4, -0.2) is 24.6 Å². The number of anilines is 3. The first-order chi connectivity index (χ1) is 14.7. The van der Waals surface area contributed by atoms with Gasteiger partial charge in [0.1, 0.15) is 22.7 Å². The second-order valence-corrected chi connectivity index (χ2v) is 6.61. The molecular weight excluding hydrogens is 414 g/mol. The summed E-state index contributed by atoms with van der Waals surface area (Å²) in [6.07, 6.45) is -1.99. The molecule has 0 aliphatic rings. The molecule has 4 heterocycles. The number of nitrogens with one attached hydrogen (secondary N) is 2. The summed E-state index contributed by atoms with van der Waals surface area (Å²) < 4.78 is 54.9. The van der Waals surface area contributed by atoms with E-state index in [1.54, 1.807) is 25.3 Å². The highest BCUT2D eigenvalue weighted by Gasteiger charge is 2.32. The van der Waals surface area contributed by atoms with Crippen LogP contribution in [0.1, 0.15) is 12.6 Å². The number of aromatic nitrogens is 5. The Labute approximate surface area is 173 Å². The van der Waals surface area contributed by atoms with Gasteiger partial charge in [0.05, 0.1) is 11.9 Å². The Kier molecular flexibility index (Phi) is 5.01. The highest BCUT2D eigenvalue weighted by atomic mass is 19.4. The molecule has 0 saturated carbocycles. The van der Waals surface area contributed by atoms with Crippen molar-refractivity contribution in [2.45, 2.75) is 13.1 Å². The lowest BCUT2D eigenvalue weighted by Gasteiger charge is -2.12. The lowest BCUT2D eigenvalue weighted by Crippen LogP contribution is -2.10. The summed E-state index contributed by atoms with van der Waals surface area (Å²) in [5.41, 5.74) is 0.0172. The molecule has 0 unspecified atom stereocenters. The molecule has 0 aliphatic carbocycles. The van der Waals surface area contributed by atoms with Gasteiger partial charge in [-0.15, -0.1) is 5.10 Å². The average molecular weight is 429 g/mol. The number of halogens is 4.